The Morgan fingerprint density at radius 2 is 2.67 bits per heavy atom. The molecule has 0 aliphatic carbocycles. The van der Waals surface area contributed by atoms with Crippen LogP contribution in [0.3, 0.4) is 0 Å². The van der Waals surface area contributed by atoms with Gasteiger partial charge in [0.25, 0.3) is 0 Å². The molecule has 48 valence electrons. The van der Waals surface area contributed by atoms with Crippen LogP contribution < -0.4 is 5.84 Å². The Hall–Kier alpha value is -1.39. The summed E-state index contributed by atoms with van der Waals surface area (Å²) in [5, 5.41) is 10.6. The largest absolute Gasteiger partial charge is 0.323 e. The van der Waals surface area contributed by atoms with Gasteiger partial charge in [0, 0.05) is 7.05 Å². The van der Waals surface area contributed by atoms with Crippen LogP contribution in [0, 0.1) is 0 Å². The smallest absolute Gasteiger partial charge is 0.125 e. The van der Waals surface area contributed by atoms with Gasteiger partial charge in [-0.1, -0.05) is 5.21 Å². The summed E-state index contributed by atoms with van der Waals surface area (Å²) < 4.78 is 1.58. The first-order valence-corrected chi connectivity index (χ1v) is 2.42. The van der Waals surface area contributed by atoms with Gasteiger partial charge in [-0.15, -0.1) is 5.10 Å². The highest BCUT2D eigenvalue weighted by atomic mass is 15.4. The van der Waals surface area contributed by atoms with Crippen LogP contribution >= 0.6 is 0 Å². The lowest BCUT2D eigenvalue weighted by Gasteiger charge is -1.76. The number of aromatic nitrogens is 3. The van der Waals surface area contributed by atoms with E-state index in [1.165, 1.54) is 6.21 Å². The zero-order chi connectivity index (χ0) is 6.69. The monoisotopic (exact) mass is 125 g/mol. The van der Waals surface area contributed by atoms with E-state index >= 15 is 0 Å². The standard InChI is InChI=1S/C4H7N5/c1-9-3-4(2-6-5)7-8-9/h2-3H,5H2,1H3/b6-2-. The summed E-state index contributed by atoms with van der Waals surface area (Å²) in [7, 11) is 1.78. The van der Waals surface area contributed by atoms with Crippen molar-refractivity contribution < 1.29 is 0 Å². The fourth-order valence-corrected chi connectivity index (χ4v) is 0.501. The minimum Gasteiger partial charge on any atom is -0.323 e. The molecule has 0 fully saturated rings. The molecular formula is C4H7N5. The summed E-state index contributed by atoms with van der Waals surface area (Å²) in [6, 6.07) is 0. The molecule has 1 heterocycles. The van der Waals surface area contributed by atoms with E-state index in [0.29, 0.717) is 5.69 Å². The molecule has 0 saturated carbocycles. The maximum Gasteiger partial charge on any atom is 0.125 e. The van der Waals surface area contributed by atoms with Gasteiger partial charge in [0.05, 0.1) is 12.4 Å². The maximum atomic E-state index is 4.86. The van der Waals surface area contributed by atoms with Gasteiger partial charge in [-0.3, -0.25) is 4.68 Å². The number of hydrazone groups is 1. The van der Waals surface area contributed by atoms with E-state index in [0.717, 1.165) is 0 Å². The second kappa shape index (κ2) is 2.25. The molecule has 0 aliphatic rings. The van der Waals surface area contributed by atoms with Gasteiger partial charge < -0.3 is 5.84 Å². The number of aryl methyl sites for hydroxylation is 1. The van der Waals surface area contributed by atoms with Crippen molar-refractivity contribution in [2.45, 2.75) is 0 Å². The lowest BCUT2D eigenvalue weighted by molar-refractivity contribution is 0.714. The van der Waals surface area contributed by atoms with Crippen molar-refractivity contribution in [2.24, 2.45) is 18.0 Å². The first-order chi connectivity index (χ1) is 4.33. The highest BCUT2D eigenvalue weighted by molar-refractivity contribution is 5.75. The van der Waals surface area contributed by atoms with Crippen molar-refractivity contribution in [3.63, 3.8) is 0 Å². The quantitative estimate of drug-likeness (QED) is 0.300. The van der Waals surface area contributed by atoms with Gasteiger partial charge in [0.15, 0.2) is 0 Å². The molecule has 1 aromatic rings. The number of nitrogens with zero attached hydrogens (tertiary/aromatic N) is 4. The molecule has 0 saturated heterocycles. The van der Waals surface area contributed by atoms with Gasteiger partial charge >= 0.3 is 0 Å². The van der Waals surface area contributed by atoms with Gasteiger partial charge in [-0.25, -0.2) is 0 Å². The molecular weight excluding hydrogens is 118 g/mol. The van der Waals surface area contributed by atoms with Crippen molar-refractivity contribution in [1.82, 2.24) is 15.0 Å². The Morgan fingerprint density at radius 3 is 3.11 bits per heavy atom. The molecule has 5 nitrogen and oxygen atoms in total. The van der Waals surface area contributed by atoms with Gasteiger partial charge in [0.1, 0.15) is 5.69 Å². The zero-order valence-electron chi connectivity index (χ0n) is 5.02. The molecule has 0 spiro atoms. The molecule has 0 amide bonds. The fourth-order valence-electron chi connectivity index (χ4n) is 0.501. The third-order valence-electron chi connectivity index (χ3n) is 0.827. The maximum absolute atomic E-state index is 4.86. The number of hydrogen-bond donors (Lipinski definition) is 1. The van der Waals surface area contributed by atoms with E-state index in [1.807, 2.05) is 0 Å². The van der Waals surface area contributed by atoms with Crippen molar-refractivity contribution in [3.05, 3.63) is 11.9 Å². The molecule has 0 aromatic carbocycles. The SMILES string of the molecule is Cn1cc(/C=N\N)nn1. The van der Waals surface area contributed by atoms with E-state index in [9.17, 15) is 0 Å². The van der Waals surface area contributed by atoms with Gasteiger partial charge in [-0.05, 0) is 0 Å². The van der Waals surface area contributed by atoms with Gasteiger partial charge in [0.2, 0.25) is 0 Å². The molecule has 1 aromatic heterocycles. The van der Waals surface area contributed by atoms with Crippen LogP contribution in [0.15, 0.2) is 11.3 Å². The van der Waals surface area contributed by atoms with E-state index < -0.39 is 0 Å². The van der Waals surface area contributed by atoms with Crippen LogP contribution in [0.4, 0.5) is 0 Å². The second-order valence-electron chi connectivity index (χ2n) is 1.60. The van der Waals surface area contributed by atoms with Crippen molar-refractivity contribution >= 4 is 6.21 Å². The molecule has 0 atom stereocenters. The predicted molar refractivity (Wildman–Crippen MR) is 32.8 cm³/mol. The Bertz CT molecular complexity index is 212. The van der Waals surface area contributed by atoms with E-state index in [4.69, 9.17) is 5.84 Å². The highest BCUT2D eigenvalue weighted by Gasteiger charge is 1.89. The van der Waals surface area contributed by atoms with Crippen LogP contribution in [0.2, 0.25) is 0 Å². The second-order valence-corrected chi connectivity index (χ2v) is 1.60. The van der Waals surface area contributed by atoms with Crippen LogP contribution in [0.25, 0.3) is 0 Å². The first-order valence-electron chi connectivity index (χ1n) is 2.42. The Morgan fingerprint density at radius 1 is 1.89 bits per heavy atom. The molecule has 1 rings (SSSR count). The minimum absolute atomic E-state index is 0.667. The van der Waals surface area contributed by atoms with Crippen molar-refractivity contribution in [2.75, 3.05) is 0 Å². The molecule has 0 radical (unpaired) electrons. The van der Waals surface area contributed by atoms with E-state index in [-0.39, 0.29) is 0 Å². The summed E-state index contributed by atoms with van der Waals surface area (Å²) in [5.74, 6) is 4.86. The molecule has 0 aliphatic heterocycles. The third kappa shape index (κ3) is 1.25. The number of hydrogen-bond acceptors (Lipinski definition) is 4. The lowest BCUT2D eigenvalue weighted by atomic mass is 10.5. The topological polar surface area (TPSA) is 69.1 Å². The molecule has 0 bridgehead atoms. The van der Waals surface area contributed by atoms with E-state index in [2.05, 4.69) is 15.4 Å². The fraction of sp³-hybridized carbons (Fsp3) is 0.250. The molecule has 9 heavy (non-hydrogen) atoms. The summed E-state index contributed by atoms with van der Waals surface area (Å²) in [6.07, 6.45) is 3.16. The Kier molecular flexibility index (Phi) is 1.44. The highest BCUT2D eigenvalue weighted by Crippen LogP contribution is 1.82. The van der Waals surface area contributed by atoms with Gasteiger partial charge in [-0.2, -0.15) is 5.10 Å². The van der Waals surface area contributed by atoms with Crippen LogP contribution in [-0.2, 0) is 7.05 Å². The third-order valence-corrected chi connectivity index (χ3v) is 0.827. The van der Waals surface area contributed by atoms with Crippen molar-refractivity contribution in [3.8, 4) is 0 Å². The van der Waals surface area contributed by atoms with Crippen LogP contribution in [0.1, 0.15) is 5.69 Å². The number of rotatable bonds is 1. The first kappa shape index (κ1) is 5.74. The van der Waals surface area contributed by atoms with E-state index in [1.54, 1.807) is 17.9 Å². The van der Waals surface area contributed by atoms with Crippen LogP contribution in [0.5, 0.6) is 0 Å². The molecule has 5 heteroatoms. The number of nitrogens with two attached hydrogens (primary N) is 1. The average Bonchev–Trinajstić information content (AvgIpc) is 2.17. The summed E-state index contributed by atoms with van der Waals surface area (Å²) >= 11 is 0. The normalized spacial score (nSPS) is 10.8. The Balaban J connectivity index is 2.85. The predicted octanol–water partition coefficient (Wildman–Crippen LogP) is -0.892. The summed E-state index contributed by atoms with van der Waals surface area (Å²) in [4.78, 5) is 0. The average molecular weight is 125 g/mol. The summed E-state index contributed by atoms with van der Waals surface area (Å²) in [6.45, 7) is 0. The molecule has 0 unspecified atom stereocenters. The Labute approximate surface area is 52.2 Å². The lowest BCUT2D eigenvalue weighted by Crippen LogP contribution is -1.85. The summed E-state index contributed by atoms with van der Waals surface area (Å²) in [5.41, 5.74) is 0.667. The van der Waals surface area contributed by atoms with Crippen LogP contribution in [-0.4, -0.2) is 21.2 Å². The van der Waals surface area contributed by atoms with Crippen molar-refractivity contribution in [1.29, 1.82) is 0 Å². The minimum atomic E-state index is 0.667. The molecule has 2 N–H and O–H groups in total. The zero-order valence-corrected chi connectivity index (χ0v) is 5.02.